The van der Waals surface area contributed by atoms with Crippen LogP contribution >= 0.6 is 0 Å². The molecular weight excluding hydrogens is 256 g/mol. The van der Waals surface area contributed by atoms with Crippen LogP contribution in [0.1, 0.15) is 18.9 Å². The van der Waals surface area contributed by atoms with Gasteiger partial charge in [0.2, 0.25) is 5.82 Å². The van der Waals surface area contributed by atoms with E-state index in [9.17, 15) is 10.1 Å². The average Bonchev–Trinajstić information content (AvgIpc) is 2.44. The number of nitrogens with zero attached hydrogens (tertiary/aromatic N) is 3. The Morgan fingerprint density at radius 3 is 2.80 bits per heavy atom. The molecule has 0 saturated carbocycles. The van der Waals surface area contributed by atoms with Crippen LogP contribution in [0.25, 0.3) is 11.3 Å². The fourth-order valence-electron chi connectivity index (χ4n) is 1.93. The molecule has 6 heteroatoms. The molecule has 2 rings (SSSR count). The Kier molecular flexibility index (Phi) is 4.24. The minimum Gasteiger partial charge on any atom is -0.364 e. The van der Waals surface area contributed by atoms with Gasteiger partial charge in [-0.3, -0.25) is 10.1 Å². The first-order valence-corrected chi connectivity index (χ1v) is 6.43. The van der Waals surface area contributed by atoms with Crippen LogP contribution in [0.3, 0.4) is 0 Å². The van der Waals surface area contributed by atoms with Crippen LogP contribution in [0.15, 0.2) is 30.6 Å². The van der Waals surface area contributed by atoms with Gasteiger partial charge >= 0.3 is 5.69 Å². The molecule has 0 bridgehead atoms. The van der Waals surface area contributed by atoms with Gasteiger partial charge in [0.1, 0.15) is 6.33 Å². The van der Waals surface area contributed by atoms with E-state index in [1.54, 1.807) is 0 Å². The normalized spacial score (nSPS) is 10.3. The molecule has 0 radical (unpaired) electrons. The van der Waals surface area contributed by atoms with Crippen molar-refractivity contribution in [3.63, 3.8) is 0 Å². The second kappa shape index (κ2) is 6.10. The number of aromatic nitrogens is 2. The Hall–Kier alpha value is -2.50. The number of anilines is 1. The average molecular weight is 272 g/mol. The first-order valence-electron chi connectivity index (χ1n) is 6.43. The molecule has 2 aromatic rings. The van der Waals surface area contributed by atoms with Crippen molar-refractivity contribution in [2.24, 2.45) is 0 Å². The first-order chi connectivity index (χ1) is 9.63. The standard InChI is InChI=1S/C14H16N4O2/c1-3-7-15-14-13(18(19)20)12(16-9-17-14)11-6-4-5-10(2)8-11/h4-6,8-9H,3,7H2,1-2H3,(H,15,16,17). The summed E-state index contributed by atoms with van der Waals surface area (Å²) in [5, 5.41) is 14.3. The molecule has 0 aliphatic heterocycles. The van der Waals surface area contributed by atoms with Gasteiger partial charge in [0.25, 0.3) is 0 Å². The molecule has 1 aromatic heterocycles. The molecule has 0 unspecified atom stereocenters. The molecule has 0 aliphatic rings. The van der Waals surface area contributed by atoms with Crippen LogP contribution < -0.4 is 5.32 Å². The van der Waals surface area contributed by atoms with Gasteiger partial charge in [-0.05, 0) is 19.4 Å². The largest absolute Gasteiger partial charge is 0.364 e. The molecule has 6 nitrogen and oxygen atoms in total. The third-order valence-electron chi connectivity index (χ3n) is 2.84. The molecule has 0 aliphatic carbocycles. The molecule has 0 spiro atoms. The lowest BCUT2D eigenvalue weighted by Crippen LogP contribution is -2.07. The van der Waals surface area contributed by atoms with E-state index in [1.807, 2.05) is 38.1 Å². The van der Waals surface area contributed by atoms with Crippen LogP contribution in [0.2, 0.25) is 0 Å². The maximum absolute atomic E-state index is 11.3. The Morgan fingerprint density at radius 2 is 2.15 bits per heavy atom. The van der Waals surface area contributed by atoms with Crippen LogP contribution in [0.5, 0.6) is 0 Å². The maximum atomic E-state index is 11.3. The molecular formula is C14H16N4O2. The van der Waals surface area contributed by atoms with E-state index in [1.165, 1.54) is 6.33 Å². The van der Waals surface area contributed by atoms with Crippen molar-refractivity contribution >= 4 is 11.5 Å². The van der Waals surface area contributed by atoms with Crippen molar-refractivity contribution in [2.45, 2.75) is 20.3 Å². The zero-order valence-corrected chi connectivity index (χ0v) is 11.5. The van der Waals surface area contributed by atoms with Crippen LogP contribution in [-0.4, -0.2) is 21.4 Å². The van der Waals surface area contributed by atoms with Gasteiger partial charge in [-0.1, -0.05) is 30.7 Å². The quantitative estimate of drug-likeness (QED) is 0.667. The second-order valence-corrected chi connectivity index (χ2v) is 4.47. The molecule has 1 N–H and O–H groups in total. The third kappa shape index (κ3) is 2.90. The van der Waals surface area contributed by atoms with Crippen molar-refractivity contribution in [1.82, 2.24) is 9.97 Å². The van der Waals surface area contributed by atoms with Gasteiger partial charge in [0.15, 0.2) is 5.69 Å². The van der Waals surface area contributed by atoms with E-state index < -0.39 is 4.92 Å². The molecule has 20 heavy (non-hydrogen) atoms. The number of hydrogen-bond donors (Lipinski definition) is 1. The Bertz CT molecular complexity index is 628. The highest BCUT2D eigenvalue weighted by Gasteiger charge is 2.23. The lowest BCUT2D eigenvalue weighted by molar-refractivity contribution is -0.383. The lowest BCUT2D eigenvalue weighted by atomic mass is 10.1. The topological polar surface area (TPSA) is 81.0 Å². The van der Waals surface area contributed by atoms with E-state index in [0.29, 0.717) is 12.2 Å². The monoisotopic (exact) mass is 272 g/mol. The molecule has 0 amide bonds. The zero-order chi connectivity index (χ0) is 14.5. The highest BCUT2D eigenvalue weighted by Crippen LogP contribution is 2.32. The SMILES string of the molecule is CCCNc1ncnc(-c2cccc(C)c2)c1[N+](=O)[O-]. The van der Waals surface area contributed by atoms with Crippen molar-refractivity contribution in [2.75, 3.05) is 11.9 Å². The van der Waals surface area contributed by atoms with Crippen LogP contribution in [0.4, 0.5) is 11.5 Å². The van der Waals surface area contributed by atoms with E-state index in [-0.39, 0.29) is 11.5 Å². The van der Waals surface area contributed by atoms with Gasteiger partial charge in [-0.15, -0.1) is 0 Å². The summed E-state index contributed by atoms with van der Waals surface area (Å²) >= 11 is 0. The Balaban J connectivity index is 2.55. The fraction of sp³-hybridized carbons (Fsp3) is 0.286. The predicted octanol–water partition coefficient (Wildman–Crippen LogP) is 3.18. The summed E-state index contributed by atoms with van der Waals surface area (Å²) in [5.41, 5.74) is 2.01. The smallest absolute Gasteiger partial charge is 0.337 e. The number of aryl methyl sites for hydroxylation is 1. The molecule has 1 heterocycles. The highest BCUT2D eigenvalue weighted by molar-refractivity contribution is 5.76. The Morgan fingerprint density at radius 1 is 1.35 bits per heavy atom. The molecule has 0 fully saturated rings. The van der Waals surface area contributed by atoms with Gasteiger partial charge in [-0.25, -0.2) is 9.97 Å². The van der Waals surface area contributed by atoms with Gasteiger partial charge in [0, 0.05) is 12.1 Å². The van der Waals surface area contributed by atoms with E-state index in [4.69, 9.17) is 0 Å². The fourth-order valence-corrected chi connectivity index (χ4v) is 1.93. The van der Waals surface area contributed by atoms with Crippen molar-refractivity contribution in [3.8, 4) is 11.3 Å². The Labute approximate surface area is 117 Å². The summed E-state index contributed by atoms with van der Waals surface area (Å²) in [4.78, 5) is 19.0. The highest BCUT2D eigenvalue weighted by atomic mass is 16.6. The summed E-state index contributed by atoms with van der Waals surface area (Å²) in [5.74, 6) is 0.267. The summed E-state index contributed by atoms with van der Waals surface area (Å²) < 4.78 is 0. The van der Waals surface area contributed by atoms with E-state index >= 15 is 0 Å². The van der Waals surface area contributed by atoms with Gasteiger partial charge in [-0.2, -0.15) is 0 Å². The summed E-state index contributed by atoms with van der Waals surface area (Å²) in [6.07, 6.45) is 2.21. The first kappa shape index (κ1) is 13.9. The minimum absolute atomic E-state index is 0.0773. The van der Waals surface area contributed by atoms with Crippen LogP contribution in [0, 0.1) is 17.0 Å². The summed E-state index contributed by atoms with van der Waals surface area (Å²) in [6.45, 7) is 4.55. The number of rotatable bonds is 5. The number of benzene rings is 1. The second-order valence-electron chi connectivity index (χ2n) is 4.47. The van der Waals surface area contributed by atoms with E-state index in [0.717, 1.165) is 17.5 Å². The number of nitro groups is 1. The predicted molar refractivity (Wildman–Crippen MR) is 77.6 cm³/mol. The number of nitrogens with one attached hydrogen (secondary N) is 1. The summed E-state index contributed by atoms with van der Waals surface area (Å²) in [7, 11) is 0. The number of hydrogen-bond acceptors (Lipinski definition) is 5. The maximum Gasteiger partial charge on any atom is 0.337 e. The zero-order valence-electron chi connectivity index (χ0n) is 11.5. The summed E-state index contributed by atoms with van der Waals surface area (Å²) in [6, 6.07) is 7.48. The van der Waals surface area contributed by atoms with Crippen molar-refractivity contribution in [1.29, 1.82) is 0 Å². The lowest BCUT2D eigenvalue weighted by Gasteiger charge is -2.08. The van der Waals surface area contributed by atoms with Crippen molar-refractivity contribution < 1.29 is 4.92 Å². The van der Waals surface area contributed by atoms with Crippen molar-refractivity contribution in [3.05, 3.63) is 46.3 Å². The molecule has 1 aromatic carbocycles. The molecule has 0 saturated heterocycles. The third-order valence-corrected chi connectivity index (χ3v) is 2.84. The van der Waals surface area contributed by atoms with Crippen LogP contribution in [-0.2, 0) is 0 Å². The van der Waals surface area contributed by atoms with Gasteiger partial charge in [0.05, 0.1) is 4.92 Å². The minimum atomic E-state index is -0.435. The van der Waals surface area contributed by atoms with Gasteiger partial charge < -0.3 is 5.32 Å². The molecule has 0 atom stereocenters. The molecule has 104 valence electrons. The van der Waals surface area contributed by atoms with E-state index in [2.05, 4.69) is 15.3 Å².